The predicted molar refractivity (Wildman–Crippen MR) is 132 cm³/mol. The third-order valence-corrected chi connectivity index (χ3v) is 5.08. The number of anilines is 2. The maximum atomic E-state index is 13.1. The van der Waals surface area contributed by atoms with E-state index >= 15 is 0 Å². The molecule has 1 atom stereocenters. The minimum absolute atomic E-state index is 0.0727. The maximum Gasteiger partial charge on any atom is 0.247 e. The van der Waals surface area contributed by atoms with Gasteiger partial charge in [0.15, 0.2) is 0 Å². The van der Waals surface area contributed by atoms with E-state index in [9.17, 15) is 9.59 Å². The number of rotatable bonds is 11. The minimum Gasteiger partial charge on any atom is -0.382 e. The van der Waals surface area contributed by atoms with E-state index in [0.717, 1.165) is 23.2 Å². The molecule has 4 N–H and O–H groups in total. The Morgan fingerprint density at radius 3 is 2.38 bits per heavy atom. The summed E-state index contributed by atoms with van der Waals surface area (Å²) in [4.78, 5) is 28.3. The number of aromatic nitrogens is 1. The Hall–Kier alpha value is -4.22. The van der Waals surface area contributed by atoms with Gasteiger partial charge in [0.2, 0.25) is 11.8 Å². The number of nitrogens with zero attached hydrogens (tertiary/aromatic N) is 2. The van der Waals surface area contributed by atoms with Crippen LogP contribution in [-0.4, -0.2) is 36.4 Å². The molecule has 0 unspecified atom stereocenters. The van der Waals surface area contributed by atoms with Gasteiger partial charge in [0, 0.05) is 26.6 Å². The van der Waals surface area contributed by atoms with Gasteiger partial charge in [-0.2, -0.15) is 5.26 Å². The second kappa shape index (κ2) is 12.7. The summed E-state index contributed by atoms with van der Waals surface area (Å²) in [7, 11) is 0. The van der Waals surface area contributed by atoms with Crippen LogP contribution in [-0.2, 0) is 16.0 Å². The zero-order chi connectivity index (χ0) is 24.2. The highest BCUT2D eigenvalue weighted by Gasteiger charge is 2.20. The molecular formula is C26H28N6O2. The average molecular weight is 457 g/mol. The molecule has 0 aliphatic rings. The summed E-state index contributed by atoms with van der Waals surface area (Å²) < 4.78 is 0. The molecule has 174 valence electrons. The van der Waals surface area contributed by atoms with E-state index in [1.54, 1.807) is 24.4 Å². The van der Waals surface area contributed by atoms with Crippen LogP contribution in [0.2, 0.25) is 0 Å². The van der Waals surface area contributed by atoms with Crippen molar-refractivity contribution in [3.05, 3.63) is 89.6 Å². The number of nitrogens with one attached hydrogen (secondary N) is 4. The van der Waals surface area contributed by atoms with Gasteiger partial charge in [-0.1, -0.05) is 42.5 Å². The molecule has 0 fully saturated rings. The maximum absolute atomic E-state index is 13.1. The third-order valence-electron chi connectivity index (χ3n) is 5.08. The third kappa shape index (κ3) is 7.73. The van der Waals surface area contributed by atoms with E-state index in [1.807, 2.05) is 48.5 Å². The molecule has 0 aliphatic carbocycles. The van der Waals surface area contributed by atoms with Crippen LogP contribution in [0.3, 0.4) is 0 Å². The van der Waals surface area contributed by atoms with Crippen LogP contribution in [0, 0.1) is 11.3 Å². The Balaban J connectivity index is 1.58. The predicted octanol–water partition coefficient (Wildman–Crippen LogP) is 3.01. The summed E-state index contributed by atoms with van der Waals surface area (Å²) in [6.07, 6.45) is 2.36. The standard InChI is InChI=1S/C26H28N6O2/c1-19(33)28-15-16-29-23-11-12-24(31-18-23)32-26(34)25(22-5-3-2-4-6-22)30-14-13-20-7-9-21(17-27)10-8-20/h2-12,18,25,29-30H,13-16H2,1H3,(H,28,33)(H,31,32,34)/t25-/m0/s1. The van der Waals surface area contributed by atoms with Crippen LogP contribution in [0.5, 0.6) is 0 Å². The van der Waals surface area contributed by atoms with E-state index in [-0.39, 0.29) is 11.8 Å². The molecule has 1 heterocycles. The molecule has 2 amide bonds. The molecule has 8 heteroatoms. The molecule has 8 nitrogen and oxygen atoms in total. The Kier molecular flexibility index (Phi) is 9.14. The van der Waals surface area contributed by atoms with Crippen molar-refractivity contribution in [1.82, 2.24) is 15.6 Å². The summed E-state index contributed by atoms with van der Waals surface area (Å²) in [6.45, 7) is 3.15. The first-order valence-corrected chi connectivity index (χ1v) is 11.1. The first-order valence-electron chi connectivity index (χ1n) is 11.1. The largest absolute Gasteiger partial charge is 0.382 e. The van der Waals surface area contributed by atoms with Gasteiger partial charge in [0.05, 0.1) is 23.5 Å². The van der Waals surface area contributed by atoms with Crippen molar-refractivity contribution in [2.75, 3.05) is 30.3 Å². The highest BCUT2D eigenvalue weighted by atomic mass is 16.2. The van der Waals surface area contributed by atoms with Crippen molar-refractivity contribution >= 4 is 23.3 Å². The summed E-state index contributed by atoms with van der Waals surface area (Å²) in [5.41, 5.74) is 3.36. The van der Waals surface area contributed by atoms with Gasteiger partial charge in [0.25, 0.3) is 0 Å². The van der Waals surface area contributed by atoms with Crippen molar-refractivity contribution in [1.29, 1.82) is 5.26 Å². The van der Waals surface area contributed by atoms with E-state index in [1.165, 1.54) is 6.92 Å². The van der Waals surface area contributed by atoms with Crippen molar-refractivity contribution in [3.8, 4) is 6.07 Å². The van der Waals surface area contributed by atoms with Crippen molar-refractivity contribution < 1.29 is 9.59 Å². The van der Waals surface area contributed by atoms with Crippen molar-refractivity contribution in [2.24, 2.45) is 0 Å². The Morgan fingerprint density at radius 2 is 1.74 bits per heavy atom. The van der Waals surface area contributed by atoms with Gasteiger partial charge < -0.3 is 21.3 Å². The lowest BCUT2D eigenvalue weighted by Crippen LogP contribution is -2.34. The van der Waals surface area contributed by atoms with E-state index in [4.69, 9.17) is 5.26 Å². The van der Waals surface area contributed by atoms with Crippen LogP contribution in [0.15, 0.2) is 72.9 Å². The Bertz CT molecular complexity index is 1110. The monoisotopic (exact) mass is 456 g/mol. The normalized spacial score (nSPS) is 11.2. The fraction of sp³-hybridized carbons (Fsp3) is 0.231. The summed E-state index contributed by atoms with van der Waals surface area (Å²) in [6, 6.07) is 22.1. The smallest absolute Gasteiger partial charge is 0.247 e. The molecule has 0 spiro atoms. The highest BCUT2D eigenvalue weighted by Crippen LogP contribution is 2.17. The van der Waals surface area contributed by atoms with Crippen molar-refractivity contribution in [2.45, 2.75) is 19.4 Å². The topological polar surface area (TPSA) is 119 Å². The van der Waals surface area contributed by atoms with Gasteiger partial charge >= 0.3 is 0 Å². The van der Waals surface area contributed by atoms with Gasteiger partial charge in [0.1, 0.15) is 11.9 Å². The second-order valence-electron chi connectivity index (χ2n) is 7.69. The van der Waals surface area contributed by atoms with Gasteiger partial charge in [-0.25, -0.2) is 4.98 Å². The van der Waals surface area contributed by atoms with Crippen LogP contribution in [0.1, 0.15) is 29.7 Å². The molecule has 3 rings (SSSR count). The van der Waals surface area contributed by atoms with Gasteiger partial charge in [-0.05, 0) is 41.8 Å². The average Bonchev–Trinajstić information content (AvgIpc) is 2.86. The molecule has 34 heavy (non-hydrogen) atoms. The van der Waals surface area contributed by atoms with Gasteiger partial charge in [-0.3, -0.25) is 9.59 Å². The molecule has 3 aromatic rings. The lowest BCUT2D eigenvalue weighted by molar-refractivity contribution is -0.119. The molecule has 0 aliphatic heterocycles. The first kappa shape index (κ1) is 24.4. The molecule has 0 saturated carbocycles. The zero-order valence-electron chi connectivity index (χ0n) is 19.0. The van der Waals surface area contributed by atoms with E-state index < -0.39 is 6.04 Å². The lowest BCUT2D eigenvalue weighted by Gasteiger charge is -2.19. The number of nitriles is 1. The highest BCUT2D eigenvalue weighted by molar-refractivity contribution is 5.94. The van der Waals surface area contributed by atoms with Gasteiger partial charge in [-0.15, -0.1) is 0 Å². The molecule has 0 bridgehead atoms. The van der Waals surface area contributed by atoms with Crippen LogP contribution < -0.4 is 21.3 Å². The quantitative estimate of drug-likeness (QED) is 0.329. The Labute approximate surface area is 199 Å². The molecule has 2 aromatic carbocycles. The van der Waals surface area contributed by atoms with E-state index in [0.29, 0.717) is 31.0 Å². The molecule has 1 aromatic heterocycles. The SMILES string of the molecule is CC(=O)NCCNc1ccc(NC(=O)[C@@H](NCCc2ccc(C#N)cc2)c2ccccc2)nc1. The summed E-state index contributed by atoms with van der Waals surface area (Å²) >= 11 is 0. The fourth-order valence-corrected chi connectivity index (χ4v) is 3.33. The number of benzene rings is 2. The second-order valence-corrected chi connectivity index (χ2v) is 7.69. The Morgan fingerprint density at radius 1 is 0.971 bits per heavy atom. The number of hydrogen-bond donors (Lipinski definition) is 4. The molecule has 0 radical (unpaired) electrons. The number of amides is 2. The lowest BCUT2D eigenvalue weighted by atomic mass is 10.1. The van der Waals surface area contributed by atoms with Crippen LogP contribution in [0.25, 0.3) is 0 Å². The zero-order valence-corrected chi connectivity index (χ0v) is 19.0. The van der Waals surface area contributed by atoms with Crippen LogP contribution >= 0.6 is 0 Å². The number of hydrogen-bond acceptors (Lipinski definition) is 6. The number of carbonyl (C=O) groups is 2. The number of pyridine rings is 1. The number of carbonyl (C=O) groups excluding carboxylic acids is 2. The molecular weight excluding hydrogens is 428 g/mol. The van der Waals surface area contributed by atoms with Crippen LogP contribution in [0.4, 0.5) is 11.5 Å². The minimum atomic E-state index is -0.545. The summed E-state index contributed by atoms with van der Waals surface area (Å²) in [5.74, 6) is 0.175. The summed E-state index contributed by atoms with van der Waals surface area (Å²) in [5, 5.41) is 21.0. The first-order chi connectivity index (χ1) is 16.5. The van der Waals surface area contributed by atoms with Crippen molar-refractivity contribution in [3.63, 3.8) is 0 Å². The molecule has 0 saturated heterocycles. The fourth-order valence-electron chi connectivity index (χ4n) is 3.33. The van der Waals surface area contributed by atoms with E-state index in [2.05, 4.69) is 32.3 Å².